The van der Waals surface area contributed by atoms with Gasteiger partial charge in [-0.25, -0.2) is 4.79 Å². The van der Waals surface area contributed by atoms with E-state index in [0.29, 0.717) is 23.9 Å². The molecule has 0 aromatic carbocycles. The number of allylic oxidation sites excluding steroid dienone is 4. The summed E-state index contributed by atoms with van der Waals surface area (Å²) in [4.78, 5) is 37.4. The second-order valence-corrected chi connectivity index (χ2v) is 21.7. The van der Waals surface area contributed by atoms with Gasteiger partial charge in [0.05, 0.1) is 34.4 Å². The molecule has 9 nitrogen and oxygen atoms in total. The average Bonchev–Trinajstić information content (AvgIpc) is 3.33. The molecule has 0 amide bonds. The van der Waals surface area contributed by atoms with E-state index in [1.807, 2.05) is 21.1 Å². The molecule has 0 saturated heterocycles. The Morgan fingerprint density at radius 2 is 0.771 bits per heavy atom. The van der Waals surface area contributed by atoms with Gasteiger partial charge in [-0.15, -0.1) is 0 Å². The fourth-order valence-electron chi connectivity index (χ4n) is 8.81. The molecule has 0 aliphatic carbocycles. The van der Waals surface area contributed by atoms with E-state index >= 15 is 0 Å². The first kappa shape index (κ1) is 67.8. The number of aliphatic carboxylic acids is 1. The van der Waals surface area contributed by atoms with Crippen molar-refractivity contribution in [1.82, 2.24) is 0 Å². The Labute approximate surface area is 433 Å². The number of carbonyl (C=O) groups excluding carboxylic acids is 2. The fraction of sp³-hybridized carbons (Fsp3) is 0.885. The lowest BCUT2D eigenvalue weighted by molar-refractivity contribution is -0.870. The van der Waals surface area contributed by atoms with Crippen LogP contribution in [0.3, 0.4) is 0 Å². The smallest absolute Gasteiger partial charge is 0.361 e. The van der Waals surface area contributed by atoms with Gasteiger partial charge in [-0.3, -0.25) is 9.59 Å². The maximum atomic E-state index is 12.9. The summed E-state index contributed by atoms with van der Waals surface area (Å²) in [7, 11) is 5.97. The van der Waals surface area contributed by atoms with Gasteiger partial charge in [0.2, 0.25) is 0 Å². The Kier molecular flexibility index (Phi) is 51.4. The number of esters is 2. The van der Waals surface area contributed by atoms with E-state index in [1.54, 1.807) is 0 Å². The van der Waals surface area contributed by atoms with Crippen LogP contribution in [0.2, 0.25) is 0 Å². The Bertz CT molecular complexity index is 1200. The molecule has 0 aliphatic heterocycles. The molecule has 0 aliphatic rings. The van der Waals surface area contributed by atoms with Crippen LogP contribution in [-0.2, 0) is 33.3 Å². The quantitative estimate of drug-likeness (QED) is 0.0211. The van der Waals surface area contributed by atoms with Crippen molar-refractivity contribution in [2.75, 3.05) is 47.5 Å². The first-order valence-corrected chi connectivity index (χ1v) is 30.0. The number of carboxylic acid groups (broad SMARTS) is 1. The summed E-state index contributed by atoms with van der Waals surface area (Å²) in [6.07, 6.45) is 59.8. The van der Waals surface area contributed by atoms with Crippen LogP contribution < -0.4 is 0 Å². The summed E-state index contributed by atoms with van der Waals surface area (Å²) in [5.41, 5.74) is 0. The van der Waals surface area contributed by atoms with Gasteiger partial charge < -0.3 is 28.5 Å². The van der Waals surface area contributed by atoms with Crippen LogP contribution >= 0.6 is 0 Å². The highest BCUT2D eigenvalue weighted by atomic mass is 16.7. The van der Waals surface area contributed by atoms with E-state index in [0.717, 1.165) is 51.4 Å². The average molecular weight is 992 g/mol. The van der Waals surface area contributed by atoms with E-state index in [2.05, 4.69) is 38.2 Å². The third-order valence-electron chi connectivity index (χ3n) is 13.5. The maximum absolute atomic E-state index is 12.9. The molecule has 0 fully saturated rings. The molecule has 0 spiro atoms. The number of carboxylic acids is 1. The zero-order valence-electron chi connectivity index (χ0n) is 47.0. The van der Waals surface area contributed by atoms with Gasteiger partial charge in [0.1, 0.15) is 13.2 Å². The molecule has 0 aromatic rings. The van der Waals surface area contributed by atoms with E-state index in [1.165, 1.54) is 205 Å². The molecule has 2 atom stereocenters. The standard InChI is InChI=1S/C61H115NO8/c1-6-8-10-12-14-16-18-20-22-24-26-27-28-29-30-31-32-33-34-36-37-39-41-43-45-47-49-51-58(63)68-55-57(56-69-61(60(65)66)67-54-53-62(3,4)5)70-59(64)52-50-48-46-44-42-40-38-35-25-23-21-19-17-15-13-11-9-7-2/h17,19,23,25,57,61H,6-16,18,20-22,24,26-56H2,1-5H3/p+1/b19-17-,25-23-. The third kappa shape index (κ3) is 53.6. The topological polar surface area (TPSA) is 108 Å². The largest absolute Gasteiger partial charge is 0.477 e. The SMILES string of the molecule is CCCCCC/C=C\C/C=C\CCCCCCCCCC(=O)OC(COC(=O)CCCCCCCCCCCCCCCCCCCCCCCCCCCCC)COC(OCC[N+](C)(C)C)C(=O)O. The zero-order valence-corrected chi connectivity index (χ0v) is 47.0. The minimum Gasteiger partial charge on any atom is -0.477 e. The lowest BCUT2D eigenvalue weighted by Crippen LogP contribution is -2.40. The molecule has 0 bridgehead atoms. The molecule has 0 heterocycles. The Hall–Kier alpha value is -2.23. The van der Waals surface area contributed by atoms with Crippen LogP contribution in [0.25, 0.3) is 0 Å². The summed E-state index contributed by atoms with van der Waals surface area (Å²) >= 11 is 0. The van der Waals surface area contributed by atoms with Gasteiger partial charge in [-0.05, 0) is 44.9 Å². The molecule has 0 rings (SSSR count). The summed E-state index contributed by atoms with van der Waals surface area (Å²) in [5, 5.41) is 9.70. The Balaban J connectivity index is 4.15. The molecule has 1 N–H and O–H groups in total. The van der Waals surface area contributed by atoms with Gasteiger partial charge in [-0.1, -0.05) is 256 Å². The van der Waals surface area contributed by atoms with E-state index in [9.17, 15) is 19.5 Å². The van der Waals surface area contributed by atoms with Crippen molar-refractivity contribution in [3.05, 3.63) is 24.3 Å². The van der Waals surface area contributed by atoms with Crippen molar-refractivity contribution in [3.63, 3.8) is 0 Å². The minimum atomic E-state index is -1.51. The number of rotatable bonds is 56. The fourth-order valence-corrected chi connectivity index (χ4v) is 8.81. The molecular weight excluding hydrogens is 875 g/mol. The van der Waals surface area contributed by atoms with Gasteiger partial charge in [0.25, 0.3) is 6.29 Å². The number of likely N-dealkylation sites (N-methyl/N-ethyl adjacent to an activating group) is 1. The number of ether oxygens (including phenoxy) is 4. The first-order chi connectivity index (χ1) is 34.1. The van der Waals surface area contributed by atoms with Crippen molar-refractivity contribution >= 4 is 17.9 Å². The van der Waals surface area contributed by atoms with Gasteiger partial charge in [0.15, 0.2) is 6.10 Å². The van der Waals surface area contributed by atoms with Crippen molar-refractivity contribution in [2.45, 2.75) is 302 Å². The van der Waals surface area contributed by atoms with Crippen LogP contribution in [0.4, 0.5) is 0 Å². The molecule has 0 aromatic heterocycles. The summed E-state index contributed by atoms with van der Waals surface area (Å²) in [6.45, 7) is 4.90. The number of unbranched alkanes of at least 4 members (excludes halogenated alkanes) is 37. The molecule has 70 heavy (non-hydrogen) atoms. The summed E-state index contributed by atoms with van der Waals surface area (Å²) in [6, 6.07) is 0. The van der Waals surface area contributed by atoms with Crippen molar-refractivity contribution in [2.24, 2.45) is 0 Å². The lowest BCUT2D eigenvalue weighted by atomic mass is 10.0. The Morgan fingerprint density at radius 3 is 1.14 bits per heavy atom. The van der Waals surface area contributed by atoms with Gasteiger partial charge >= 0.3 is 17.9 Å². The van der Waals surface area contributed by atoms with E-state index in [4.69, 9.17) is 18.9 Å². The first-order valence-electron chi connectivity index (χ1n) is 30.0. The highest BCUT2D eigenvalue weighted by Crippen LogP contribution is 2.18. The Morgan fingerprint density at radius 1 is 0.429 bits per heavy atom. The number of hydrogen-bond acceptors (Lipinski definition) is 7. The number of carbonyl (C=O) groups is 3. The van der Waals surface area contributed by atoms with E-state index < -0.39 is 24.3 Å². The third-order valence-corrected chi connectivity index (χ3v) is 13.5. The van der Waals surface area contributed by atoms with Crippen molar-refractivity contribution in [1.29, 1.82) is 0 Å². The normalized spacial score (nSPS) is 12.9. The van der Waals surface area contributed by atoms with Crippen LogP contribution in [0, 0.1) is 0 Å². The molecule has 412 valence electrons. The molecule has 0 saturated carbocycles. The molecule has 0 radical (unpaired) electrons. The number of nitrogens with zero attached hydrogens (tertiary/aromatic N) is 1. The predicted molar refractivity (Wildman–Crippen MR) is 295 cm³/mol. The second kappa shape index (κ2) is 53.1. The molecule has 9 heteroatoms. The van der Waals surface area contributed by atoms with E-state index in [-0.39, 0.29) is 32.2 Å². The summed E-state index contributed by atoms with van der Waals surface area (Å²) in [5.74, 6) is -2.00. The summed E-state index contributed by atoms with van der Waals surface area (Å²) < 4.78 is 22.9. The second-order valence-electron chi connectivity index (χ2n) is 21.7. The van der Waals surface area contributed by atoms with Crippen LogP contribution in [0.5, 0.6) is 0 Å². The number of hydrogen-bond donors (Lipinski definition) is 1. The van der Waals surface area contributed by atoms with Crippen LogP contribution in [-0.4, -0.2) is 87.4 Å². The minimum absolute atomic E-state index is 0.180. The van der Waals surface area contributed by atoms with Crippen LogP contribution in [0.15, 0.2) is 24.3 Å². The van der Waals surface area contributed by atoms with Crippen molar-refractivity contribution < 1.29 is 42.9 Å². The molecule has 2 unspecified atom stereocenters. The van der Waals surface area contributed by atoms with Gasteiger partial charge in [0, 0.05) is 12.8 Å². The maximum Gasteiger partial charge on any atom is 0.361 e. The monoisotopic (exact) mass is 991 g/mol. The highest BCUT2D eigenvalue weighted by Gasteiger charge is 2.25. The highest BCUT2D eigenvalue weighted by molar-refractivity contribution is 5.71. The predicted octanol–water partition coefficient (Wildman–Crippen LogP) is 17.5. The molecular formula is C61H116NO8+. The van der Waals surface area contributed by atoms with Crippen LogP contribution in [0.1, 0.15) is 290 Å². The lowest BCUT2D eigenvalue weighted by Gasteiger charge is -2.25. The zero-order chi connectivity index (χ0) is 51.3. The van der Waals surface area contributed by atoms with Gasteiger partial charge in [-0.2, -0.15) is 0 Å². The van der Waals surface area contributed by atoms with Crippen molar-refractivity contribution in [3.8, 4) is 0 Å². The number of quaternary nitrogens is 1.